The van der Waals surface area contributed by atoms with Gasteiger partial charge in [0.05, 0.1) is 10.6 Å². The third-order valence-corrected chi connectivity index (χ3v) is 3.02. The molecule has 0 amide bonds. The number of benzene rings is 1. The Morgan fingerprint density at radius 2 is 1.95 bits per heavy atom. The van der Waals surface area contributed by atoms with Crippen molar-refractivity contribution in [3.63, 3.8) is 0 Å². The summed E-state index contributed by atoms with van der Waals surface area (Å²) in [5.41, 5.74) is -0.0154. The molecule has 0 spiro atoms. The van der Waals surface area contributed by atoms with E-state index in [1.165, 1.54) is 0 Å². The highest BCUT2D eigenvalue weighted by atomic mass is 35.5. The number of aliphatic hydroxyl groups is 1. The molecule has 3 nitrogen and oxygen atoms in total. The molecule has 0 heterocycles. The van der Waals surface area contributed by atoms with Gasteiger partial charge in [-0.15, -0.1) is 0 Å². The maximum atomic E-state index is 9.75. The van der Waals surface area contributed by atoms with E-state index in [-0.39, 0.29) is 6.61 Å². The van der Waals surface area contributed by atoms with Gasteiger partial charge >= 0.3 is 0 Å². The Bertz CT molecular complexity index is 442. The van der Waals surface area contributed by atoms with Gasteiger partial charge in [0.15, 0.2) is 0 Å². The third kappa shape index (κ3) is 6.31. The minimum Gasteiger partial charge on any atom is -0.489 e. The van der Waals surface area contributed by atoms with Gasteiger partial charge in [-0.05, 0) is 38.4 Å². The number of hydrogen-bond donors (Lipinski definition) is 2. The summed E-state index contributed by atoms with van der Waals surface area (Å²) in [7, 11) is 0. The van der Waals surface area contributed by atoms with E-state index >= 15 is 0 Å². The monoisotopic (exact) mass is 319 g/mol. The zero-order valence-corrected chi connectivity index (χ0v) is 14.0. The smallest absolute Gasteiger partial charge is 0.142 e. The molecule has 0 aliphatic heterocycles. The predicted octanol–water partition coefficient (Wildman–Crippen LogP) is 3.89. The van der Waals surface area contributed by atoms with Crippen LogP contribution in [-0.2, 0) is 6.54 Å². The van der Waals surface area contributed by atoms with Gasteiger partial charge in [-0.25, -0.2) is 0 Å². The fourth-order valence-corrected chi connectivity index (χ4v) is 2.24. The van der Waals surface area contributed by atoms with Crippen LogP contribution in [0.15, 0.2) is 12.1 Å². The molecule has 0 fully saturated rings. The molecule has 0 aliphatic rings. The lowest BCUT2D eigenvalue weighted by Gasteiger charge is -2.21. The molecule has 114 valence electrons. The normalized spacial score (nSPS) is 12.0. The molecule has 0 saturated carbocycles. The SMILES string of the molecule is CC(C)CNCc1cc(Cl)cc(Cl)c1OCC(C)(C)O. The van der Waals surface area contributed by atoms with Crippen molar-refractivity contribution in [1.29, 1.82) is 0 Å². The average Bonchev–Trinajstić information content (AvgIpc) is 2.25. The molecule has 0 saturated heterocycles. The standard InChI is InChI=1S/C15H23Cl2NO2/c1-10(2)7-18-8-11-5-12(16)6-13(17)14(11)20-9-15(3,4)19/h5-6,10,18-19H,7-9H2,1-4H3. The van der Waals surface area contributed by atoms with Crippen LogP contribution in [0.25, 0.3) is 0 Å². The number of halogens is 2. The second kappa shape index (κ2) is 7.51. The van der Waals surface area contributed by atoms with E-state index in [2.05, 4.69) is 19.2 Å². The summed E-state index contributed by atoms with van der Waals surface area (Å²) in [5.74, 6) is 1.14. The maximum absolute atomic E-state index is 9.75. The van der Waals surface area contributed by atoms with E-state index in [1.54, 1.807) is 19.9 Å². The van der Waals surface area contributed by atoms with Crippen LogP contribution in [0.2, 0.25) is 10.0 Å². The molecule has 0 radical (unpaired) electrons. The van der Waals surface area contributed by atoms with Crippen LogP contribution in [0.4, 0.5) is 0 Å². The third-order valence-electron chi connectivity index (χ3n) is 2.52. The summed E-state index contributed by atoms with van der Waals surface area (Å²) in [6, 6.07) is 3.48. The highest BCUT2D eigenvalue weighted by Crippen LogP contribution is 2.33. The molecule has 1 rings (SSSR count). The quantitative estimate of drug-likeness (QED) is 0.801. The highest BCUT2D eigenvalue weighted by Gasteiger charge is 2.17. The van der Waals surface area contributed by atoms with Crippen molar-refractivity contribution in [3.05, 3.63) is 27.7 Å². The average molecular weight is 320 g/mol. The lowest BCUT2D eigenvalue weighted by atomic mass is 10.1. The molecular weight excluding hydrogens is 297 g/mol. The topological polar surface area (TPSA) is 41.5 Å². The molecule has 2 N–H and O–H groups in total. The number of hydrogen-bond acceptors (Lipinski definition) is 3. The van der Waals surface area contributed by atoms with E-state index in [1.807, 2.05) is 6.07 Å². The van der Waals surface area contributed by atoms with Crippen LogP contribution in [0.1, 0.15) is 33.3 Å². The van der Waals surface area contributed by atoms with Crippen molar-refractivity contribution in [2.75, 3.05) is 13.2 Å². The number of ether oxygens (including phenoxy) is 1. The van der Waals surface area contributed by atoms with Crippen molar-refractivity contribution >= 4 is 23.2 Å². The summed E-state index contributed by atoms with van der Waals surface area (Å²) in [4.78, 5) is 0. The van der Waals surface area contributed by atoms with Gasteiger partial charge in [-0.2, -0.15) is 0 Å². The van der Waals surface area contributed by atoms with E-state index in [9.17, 15) is 5.11 Å². The minimum absolute atomic E-state index is 0.172. The molecular formula is C15H23Cl2NO2. The highest BCUT2D eigenvalue weighted by molar-refractivity contribution is 6.35. The first-order valence-electron chi connectivity index (χ1n) is 6.73. The molecule has 1 aromatic rings. The van der Waals surface area contributed by atoms with Crippen molar-refractivity contribution in [3.8, 4) is 5.75 Å². The lowest BCUT2D eigenvalue weighted by Crippen LogP contribution is -2.28. The summed E-state index contributed by atoms with van der Waals surface area (Å²) in [6.07, 6.45) is 0. The minimum atomic E-state index is -0.911. The van der Waals surface area contributed by atoms with Crippen molar-refractivity contribution in [1.82, 2.24) is 5.32 Å². The van der Waals surface area contributed by atoms with Gasteiger partial charge in [0.25, 0.3) is 0 Å². The largest absolute Gasteiger partial charge is 0.489 e. The summed E-state index contributed by atoms with van der Waals surface area (Å²) >= 11 is 12.2. The van der Waals surface area contributed by atoms with Gasteiger partial charge in [-0.3, -0.25) is 0 Å². The van der Waals surface area contributed by atoms with Gasteiger partial charge in [0, 0.05) is 17.1 Å². The zero-order valence-electron chi connectivity index (χ0n) is 12.5. The van der Waals surface area contributed by atoms with Crippen molar-refractivity contribution < 1.29 is 9.84 Å². The van der Waals surface area contributed by atoms with Gasteiger partial charge in [0.1, 0.15) is 12.4 Å². The second-order valence-electron chi connectivity index (χ2n) is 6.00. The molecule has 1 aromatic carbocycles. The van der Waals surface area contributed by atoms with Crippen LogP contribution in [0.3, 0.4) is 0 Å². The van der Waals surface area contributed by atoms with E-state index in [4.69, 9.17) is 27.9 Å². The molecule has 0 aliphatic carbocycles. The van der Waals surface area contributed by atoms with Crippen molar-refractivity contribution in [2.24, 2.45) is 5.92 Å². The Morgan fingerprint density at radius 3 is 2.50 bits per heavy atom. The Kier molecular flexibility index (Phi) is 6.59. The van der Waals surface area contributed by atoms with Gasteiger partial charge < -0.3 is 15.2 Å². The van der Waals surface area contributed by atoms with Crippen LogP contribution in [0, 0.1) is 5.92 Å². The molecule has 20 heavy (non-hydrogen) atoms. The van der Waals surface area contributed by atoms with E-state index in [0.717, 1.165) is 12.1 Å². The fourth-order valence-electron chi connectivity index (χ4n) is 1.65. The van der Waals surface area contributed by atoms with Gasteiger partial charge in [-0.1, -0.05) is 37.0 Å². The molecule has 5 heteroatoms. The number of nitrogens with one attached hydrogen (secondary N) is 1. The van der Waals surface area contributed by atoms with Crippen LogP contribution in [0.5, 0.6) is 5.75 Å². The van der Waals surface area contributed by atoms with Crippen LogP contribution in [-0.4, -0.2) is 23.9 Å². The first-order valence-corrected chi connectivity index (χ1v) is 7.48. The molecule has 0 aromatic heterocycles. The summed E-state index contributed by atoms with van der Waals surface area (Å²) in [5, 5.41) is 14.1. The second-order valence-corrected chi connectivity index (χ2v) is 6.85. The molecule has 0 unspecified atom stereocenters. The zero-order chi connectivity index (χ0) is 15.3. The number of rotatable bonds is 7. The Morgan fingerprint density at radius 1 is 1.30 bits per heavy atom. The van der Waals surface area contributed by atoms with Crippen LogP contribution >= 0.6 is 23.2 Å². The van der Waals surface area contributed by atoms with Crippen molar-refractivity contribution in [2.45, 2.75) is 39.8 Å². The predicted molar refractivity (Wildman–Crippen MR) is 84.8 cm³/mol. The Hall–Kier alpha value is -0.480. The first-order chi connectivity index (χ1) is 9.19. The lowest BCUT2D eigenvalue weighted by molar-refractivity contribution is 0.0282. The fraction of sp³-hybridized carbons (Fsp3) is 0.600. The summed E-state index contributed by atoms with van der Waals surface area (Å²) < 4.78 is 5.66. The Labute approximate surface area is 131 Å². The maximum Gasteiger partial charge on any atom is 0.142 e. The first kappa shape index (κ1) is 17.6. The van der Waals surface area contributed by atoms with Crippen LogP contribution < -0.4 is 10.1 Å². The van der Waals surface area contributed by atoms with E-state index < -0.39 is 5.60 Å². The molecule has 0 atom stereocenters. The summed E-state index contributed by atoms with van der Waals surface area (Å²) in [6.45, 7) is 9.36. The van der Waals surface area contributed by atoms with Gasteiger partial charge in [0.2, 0.25) is 0 Å². The Balaban J connectivity index is 2.84. The van der Waals surface area contributed by atoms with E-state index in [0.29, 0.717) is 28.3 Å². The molecule has 0 bridgehead atoms.